The number of benzene rings is 1. The van der Waals surface area contributed by atoms with E-state index in [0.717, 1.165) is 37.3 Å². The Balaban J connectivity index is 1.62. The van der Waals surface area contributed by atoms with Crippen LogP contribution in [0.25, 0.3) is 12.2 Å². The van der Waals surface area contributed by atoms with Gasteiger partial charge in [-0.15, -0.1) is 0 Å². The van der Waals surface area contributed by atoms with Gasteiger partial charge in [-0.25, -0.2) is 0 Å². The number of piperazine rings is 1. The number of ether oxygens (including phenoxy) is 1. The molecule has 1 aromatic heterocycles. The van der Waals surface area contributed by atoms with E-state index < -0.39 is 5.60 Å². The number of nitrogens with one attached hydrogen (secondary N) is 1. The fraction of sp³-hybridized carbons (Fsp3) is 0.333. The van der Waals surface area contributed by atoms with Crippen LogP contribution < -0.4 is 10.1 Å². The van der Waals surface area contributed by atoms with E-state index in [1.54, 1.807) is 12.4 Å². The lowest BCUT2D eigenvalue weighted by Gasteiger charge is -2.34. The zero-order valence-corrected chi connectivity index (χ0v) is 15.3. The highest BCUT2D eigenvalue weighted by Crippen LogP contribution is 2.22. The van der Waals surface area contributed by atoms with Crippen LogP contribution in [0, 0.1) is 0 Å². The molecule has 3 rings (SSSR count). The summed E-state index contributed by atoms with van der Waals surface area (Å²) >= 11 is 0. The lowest BCUT2D eigenvalue weighted by Crippen LogP contribution is -2.54. The molecule has 2 heterocycles. The minimum Gasteiger partial charge on any atom is -0.478 e. The van der Waals surface area contributed by atoms with Crippen molar-refractivity contribution in [3.05, 3.63) is 59.9 Å². The van der Waals surface area contributed by atoms with Crippen molar-refractivity contribution in [2.24, 2.45) is 0 Å². The number of amides is 1. The van der Waals surface area contributed by atoms with Crippen LogP contribution in [-0.4, -0.2) is 47.6 Å². The summed E-state index contributed by atoms with van der Waals surface area (Å²) in [5, 5.41) is 3.26. The third-order valence-electron chi connectivity index (χ3n) is 4.35. The first-order chi connectivity index (χ1) is 12.5. The number of aromatic nitrogens is 1. The van der Waals surface area contributed by atoms with E-state index in [0.29, 0.717) is 5.75 Å². The number of hydrogen-bond donors (Lipinski definition) is 1. The van der Waals surface area contributed by atoms with Gasteiger partial charge in [0.15, 0.2) is 5.60 Å². The van der Waals surface area contributed by atoms with Crippen LogP contribution in [0.15, 0.2) is 48.8 Å². The molecule has 0 aliphatic carbocycles. The molecule has 0 saturated carbocycles. The average molecular weight is 351 g/mol. The smallest absolute Gasteiger partial charge is 0.266 e. The molecular weight excluding hydrogens is 326 g/mol. The van der Waals surface area contributed by atoms with E-state index in [1.807, 2.05) is 67.3 Å². The Morgan fingerprint density at radius 1 is 1.04 bits per heavy atom. The largest absolute Gasteiger partial charge is 0.478 e. The molecule has 1 N–H and O–H groups in total. The Bertz CT molecular complexity index is 749. The molecule has 1 fully saturated rings. The summed E-state index contributed by atoms with van der Waals surface area (Å²) < 4.78 is 5.99. The number of hydrogen-bond acceptors (Lipinski definition) is 4. The minimum absolute atomic E-state index is 0.0284. The first-order valence-electron chi connectivity index (χ1n) is 8.92. The quantitative estimate of drug-likeness (QED) is 0.900. The van der Waals surface area contributed by atoms with Gasteiger partial charge >= 0.3 is 0 Å². The van der Waals surface area contributed by atoms with Crippen LogP contribution in [-0.2, 0) is 4.79 Å². The zero-order valence-electron chi connectivity index (χ0n) is 15.3. The molecule has 26 heavy (non-hydrogen) atoms. The summed E-state index contributed by atoms with van der Waals surface area (Å²) in [6.45, 7) is 6.78. The van der Waals surface area contributed by atoms with Gasteiger partial charge in [0.25, 0.3) is 5.91 Å². The summed E-state index contributed by atoms with van der Waals surface area (Å²) in [4.78, 5) is 18.6. The molecule has 1 saturated heterocycles. The topological polar surface area (TPSA) is 54.5 Å². The number of pyridine rings is 1. The molecule has 0 bridgehead atoms. The van der Waals surface area contributed by atoms with Crippen molar-refractivity contribution < 1.29 is 9.53 Å². The van der Waals surface area contributed by atoms with Gasteiger partial charge in [0.2, 0.25) is 0 Å². The van der Waals surface area contributed by atoms with Crippen LogP contribution >= 0.6 is 0 Å². The lowest BCUT2D eigenvalue weighted by atomic mass is 10.1. The van der Waals surface area contributed by atoms with Gasteiger partial charge in [-0.2, -0.15) is 0 Å². The summed E-state index contributed by atoms with van der Waals surface area (Å²) in [7, 11) is 0. The second kappa shape index (κ2) is 8.15. The molecule has 0 unspecified atom stereocenters. The summed E-state index contributed by atoms with van der Waals surface area (Å²) in [5.41, 5.74) is 1.29. The normalized spacial score (nSPS) is 15.2. The van der Waals surface area contributed by atoms with Crippen LogP contribution in [0.1, 0.15) is 25.0 Å². The Kier molecular flexibility index (Phi) is 5.68. The predicted molar refractivity (Wildman–Crippen MR) is 104 cm³/mol. The van der Waals surface area contributed by atoms with E-state index in [1.165, 1.54) is 0 Å². The van der Waals surface area contributed by atoms with Crippen molar-refractivity contribution in [2.45, 2.75) is 19.4 Å². The number of nitrogens with zero attached hydrogens (tertiary/aromatic N) is 2. The van der Waals surface area contributed by atoms with Crippen LogP contribution in [0.4, 0.5) is 0 Å². The van der Waals surface area contributed by atoms with E-state index in [2.05, 4.69) is 10.3 Å². The molecule has 1 aromatic carbocycles. The SMILES string of the molecule is CC(C)(Oc1ccc(/C=C/c2ccncc2)cc1)C(=O)N1CCNCC1. The van der Waals surface area contributed by atoms with E-state index in [9.17, 15) is 4.79 Å². The second-order valence-corrected chi connectivity index (χ2v) is 6.84. The van der Waals surface area contributed by atoms with Crippen molar-refractivity contribution in [1.29, 1.82) is 0 Å². The number of rotatable bonds is 5. The van der Waals surface area contributed by atoms with Gasteiger partial charge in [0.05, 0.1) is 0 Å². The van der Waals surface area contributed by atoms with Crippen molar-refractivity contribution in [1.82, 2.24) is 15.2 Å². The van der Waals surface area contributed by atoms with E-state index >= 15 is 0 Å². The van der Waals surface area contributed by atoms with Gasteiger partial charge in [-0.1, -0.05) is 24.3 Å². The first-order valence-corrected chi connectivity index (χ1v) is 8.92. The van der Waals surface area contributed by atoms with Crippen molar-refractivity contribution in [3.8, 4) is 5.75 Å². The van der Waals surface area contributed by atoms with Gasteiger partial charge in [-0.3, -0.25) is 9.78 Å². The number of carbonyl (C=O) groups is 1. The summed E-state index contributed by atoms with van der Waals surface area (Å²) in [6.07, 6.45) is 7.62. The lowest BCUT2D eigenvalue weighted by molar-refractivity contribution is -0.146. The maximum Gasteiger partial charge on any atom is 0.266 e. The summed E-state index contributed by atoms with van der Waals surface area (Å²) in [6, 6.07) is 11.7. The van der Waals surface area contributed by atoms with E-state index in [4.69, 9.17) is 4.74 Å². The molecule has 1 amide bonds. The van der Waals surface area contributed by atoms with Crippen LogP contribution in [0.5, 0.6) is 5.75 Å². The summed E-state index contributed by atoms with van der Waals surface area (Å²) in [5.74, 6) is 0.722. The minimum atomic E-state index is -0.883. The fourth-order valence-corrected chi connectivity index (χ4v) is 2.90. The van der Waals surface area contributed by atoms with Gasteiger partial charge in [0, 0.05) is 38.6 Å². The second-order valence-electron chi connectivity index (χ2n) is 6.84. The zero-order chi connectivity index (χ0) is 18.4. The van der Waals surface area contributed by atoms with E-state index in [-0.39, 0.29) is 5.91 Å². The highest BCUT2D eigenvalue weighted by Gasteiger charge is 2.34. The molecule has 2 aromatic rings. The average Bonchev–Trinajstić information content (AvgIpc) is 2.68. The van der Waals surface area contributed by atoms with Gasteiger partial charge in [0.1, 0.15) is 5.75 Å². The van der Waals surface area contributed by atoms with Crippen molar-refractivity contribution in [3.63, 3.8) is 0 Å². The molecule has 0 radical (unpaired) electrons. The molecule has 0 spiro atoms. The molecular formula is C21H25N3O2. The maximum atomic E-state index is 12.7. The third-order valence-corrected chi connectivity index (χ3v) is 4.35. The monoisotopic (exact) mass is 351 g/mol. The molecule has 5 heteroatoms. The van der Waals surface area contributed by atoms with Crippen molar-refractivity contribution in [2.75, 3.05) is 26.2 Å². The van der Waals surface area contributed by atoms with Gasteiger partial charge < -0.3 is 15.0 Å². The highest BCUT2D eigenvalue weighted by molar-refractivity contribution is 5.85. The van der Waals surface area contributed by atoms with Crippen molar-refractivity contribution >= 4 is 18.1 Å². The molecule has 136 valence electrons. The Labute approximate surface area is 154 Å². The Morgan fingerprint density at radius 3 is 2.23 bits per heavy atom. The fourth-order valence-electron chi connectivity index (χ4n) is 2.90. The van der Waals surface area contributed by atoms with Gasteiger partial charge in [-0.05, 0) is 49.2 Å². The standard InChI is InChI=1S/C21H25N3O2/c1-21(2,20(25)24-15-13-23-14-16-24)26-19-7-5-17(6-8-19)3-4-18-9-11-22-12-10-18/h3-12,23H,13-16H2,1-2H3/b4-3+. The molecule has 1 aliphatic rings. The Hall–Kier alpha value is -2.66. The maximum absolute atomic E-state index is 12.7. The number of carbonyl (C=O) groups excluding carboxylic acids is 1. The molecule has 1 aliphatic heterocycles. The highest BCUT2D eigenvalue weighted by atomic mass is 16.5. The first kappa shape index (κ1) is 18.1. The molecule has 0 atom stereocenters. The Morgan fingerprint density at radius 2 is 1.62 bits per heavy atom. The predicted octanol–water partition coefficient (Wildman–Crippen LogP) is 2.84. The van der Waals surface area contributed by atoms with Crippen LogP contribution in [0.2, 0.25) is 0 Å². The van der Waals surface area contributed by atoms with Crippen LogP contribution in [0.3, 0.4) is 0 Å². The third kappa shape index (κ3) is 4.70. The molecule has 5 nitrogen and oxygen atoms in total.